The Bertz CT molecular complexity index is 396. The van der Waals surface area contributed by atoms with E-state index >= 15 is 0 Å². The Morgan fingerprint density at radius 1 is 1.37 bits per heavy atom. The van der Waals surface area contributed by atoms with Gasteiger partial charge in [-0.3, -0.25) is 0 Å². The van der Waals surface area contributed by atoms with Gasteiger partial charge in [0.05, 0.1) is 7.11 Å². The molecule has 1 aromatic rings. The van der Waals surface area contributed by atoms with Crippen molar-refractivity contribution in [1.82, 2.24) is 5.32 Å². The molecule has 0 aromatic heterocycles. The molecule has 1 aliphatic carbocycles. The minimum absolute atomic E-state index is 0.346. The summed E-state index contributed by atoms with van der Waals surface area (Å²) in [6.45, 7) is 4.49. The Kier molecular flexibility index (Phi) is 5.59. The standard InChI is InChI=1S/C16H25NOS/c1-4-19-16-11-7-9-14(16)17-12(2)13-8-5-6-10-15(13)18-3/h5-6,8,10,12,14,16-17H,4,7,9,11H2,1-3H3. The molecule has 0 bridgehead atoms. The van der Waals surface area contributed by atoms with Crippen molar-refractivity contribution in [3.05, 3.63) is 29.8 Å². The minimum atomic E-state index is 0.346. The summed E-state index contributed by atoms with van der Waals surface area (Å²) in [7, 11) is 1.75. The lowest BCUT2D eigenvalue weighted by Crippen LogP contribution is -2.36. The lowest BCUT2D eigenvalue weighted by molar-refractivity contribution is 0.394. The van der Waals surface area contributed by atoms with Crippen LogP contribution in [0.2, 0.25) is 0 Å². The summed E-state index contributed by atoms with van der Waals surface area (Å²) in [5.41, 5.74) is 1.26. The van der Waals surface area contributed by atoms with Gasteiger partial charge in [-0.25, -0.2) is 0 Å². The molecular weight excluding hydrogens is 254 g/mol. The fourth-order valence-electron chi connectivity index (χ4n) is 2.97. The fraction of sp³-hybridized carbons (Fsp3) is 0.625. The summed E-state index contributed by atoms with van der Waals surface area (Å²) in [5.74, 6) is 2.20. The highest BCUT2D eigenvalue weighted by atomic mass is 32.2. The Labute approximate surface area is 121 Å². The van der Waals surface area contributed by atoms with E-state index < -0.39 is 0 Å². The van der Waals surface area contributed by atoms with Crippen LogP contribution in [0.25, 0.3) is 0 Å². The summed E-state index contributed by atoms with van der Waals surface area (Å²) in [5, 5.41) is 4.58. The van der Waals surface area contributed by atoms with E-state index in [0.717, 1.165) is 11.0 Å². The van der Waals surface area contributed by atoms with Gasteiger partial charge in [-0.15, -0.1) is 0 Å². The molecule has 0 saturated heterocycles. The lowest BCUT2D eigenvalue weighted by atomic mass is 10.1. The SMILES string of the molecule is CCSC1CCCC1NC(C)c1ccccc1OC. The van der Waals surface area contributed by atoms with Crippen LogP contribution >= 0.6 is 11.8 Å². The maximum atomic E-state index is 5.46. The van der Waals surface area contributed by atoms with Crippen molar-refractivity contribution in [2.75, 3.05) is 12.9 Å². The average molecular weight is 279 g/mol. The van der Waals surface area contributed by atoms with Gasteiger partial charge in [0.2, 0.25) is 0 Å². The van der Waals surface area contributed by atoms with Gasteiger partial charge in [0.25, 0.3) is 0 Å². The summed E-state index contributed by atoms with van der Waals surface area (Å²) in [6.07, 6.45) is 4.01. The average Bonchev–Trinajstić information content (AvgIpc) is 2.86. The van der Waals surface area contributed by atoms with Crippen LogP contribution in [0.15, 0.2) is 24.3 Å². The zero-order valence-electron chi connectivity index (χ0n) is 12.2. The van der Waals surface area contributed by atoms with E-state index in [1.807, 2.05) is 12.1 Å². The molecule has 3 atom stereocenters. The number of rotatable bonds is 6. The number of hydrogen-bond acceptors (Lipinski definition) is 3. The van der Waals surface area contributed by atoms with Crippen LogP contribution in [0.3, 0.4) is 0 Å². The second-order valence-electron chi connectivity index (χ2n) is 5.16. The van der Waals surface area contributed by atoms with Gasteiger partial charge in [-0.2, -0.15) is 11.8 Å². The number of ether oxygens (including phenoxy) is 1. The second-order valence-corrected chi connectivity index (χ2v) is 6.68. The third-order valence-corrected chi connectivity index (χ3v) is 5.23. The predicted molar refractivity (Wildman–Crippen MR) is 84.1 cm³/mol. The van der Waals surface area contributed by atoms with Gasteiger partial charge in [0.1, 0.15) is 5.75 Å². The van der Waals surface area contributed by atoms with E-state index in [4.69, 9.17) is 4.74 Å². The quantitative estimate of drug-likeness (QED) is 0.850. The summed E-state index contributed by atoms with van der Waals surface area (Å²) < 4.78 is 5.46. The molecule has 1 saturated carbocycles. The molecule has 2 rings (SSSR count). The molecule has 0 radical (unpaired) electrons. The zero-order valence-corrected chi connectivity index (χ0v) is 13.0. The van der Waals surface area contributed by atoms with Crippen LogP contribution in [0.4, 0.5) is 0 Å². The zero-order chi connectivity index (χ0) is 13.7. The van der Waals surface area contributed by atoms with Crippen LogP contribution in [0.5, 0.6) is 5.75 Å². The van der Waals surface area contributed by atoms with Gasteiger partial charge in [0.15, 0.2) is 0 Å². The summed E-state index contributed by atoms with van der Waals surface area (Å²) in [4.78, 5) is 0. The van der Waals surface area contributed by atoms with Crippen LogP contribution in [0, 0.1) is 0 Å². The van der Waals surface area contributed by atoms with Gasteiger partial charge < -0.3 is 10.1 Å². The van der Waals surface area contributed by atoms with Gasteiger partial charge in [-0.1, -0.05) is 31.5 Å². The minimum Gasteiger partial charge on any atom is -0.496 e. The molecule has 1 aromatic carbocycles. The number of hydrogen-bond donors (Lipinski definition) is 1. The van der Waals surface area contributed by atoms with E-state index in [0.29, 0.717) is 12.1 Å². The van der Waals surface area contributed by atoms with Gasteiger partial charge in [0, 0.05) is 22.9 Å². The first-order chi connectivity index (χ1) is 9.26. The topological polar surface area (TPSA) is 21.3 Å². The molecule has 19 heavy (non-hydrogen) atoms. The van der Waals surface area contributed by atoms with Crippen LogP contribution in [0.1, 0.15) is 44.7 Å². The normalized spacial score (nSPS) is 24.4. The van der Waals surface area contributed by atoms with E-state index in [-0.39, 0.29) is 0 Å². The highest BCUT2D eigenvalue weighted by molar-refractivity contribution is 7.99. The van der Waals surface area contributed by atoms with Crippen molar-refractivity contribution in [2.45, 2.75) is 50.4 Å². The van der Waals surface area contributed by atoms with Crippen LogP contribution in [-0.4, -0.2) is 24.2 Å². The Hall–Kier alpha value is -0.670. The third kappa shape index (κ3) is 3.67. The van der Waals surface area contributed by atoms with Crippen molar-refractivity contribution in [2.24, 2.45) is 0 Å². The van der Waals surface area contributed by atoms with E-state index in [9.17, 15) is 0 Å². The lowest BCUT2D eigenvalue weighted by Gasteiger charge is -2.25. The first kappa shape index (κ1) is 14.7. The molecule has 1 N–H and O–H groups in total. The van der Waals surface area contributed by atoms with Crippen molar-refractivity contribution < 1.29 is 4.74 Å². The maximum absolute atomic E-state index is 5.46. The Morgan fingerprint density at radius 3 is 2.89 bits per heavy atom. The molecule has 0 aliphatic heterocycles. The molecular formula is C16H25NOS. The number of benzene rings is 1. The predicted octanol–water partition coefficient (Wildman–Crippen LogP) is 4.02. The van der Waals surface area contributed by atoms with Crippen LogP contribution in [-0.2, 0) is 0 Å². The molecule has 2 nitrogen and oxygen atoms in total. The summed E-state index contributed by atoms with van der Waals surface area (Å²) in [6, 6.07) is 9.31. The molecule has 106 valence electrons. The van der Waals surface area contributed by atoms with Gasteiger partial charge in [-0.05, 0) is 31.6 Å². The number of methoxy groups -OCH3 is 1. The first-order valence-corrected chi connectivity index (χ1v) is 8.31. The second kappa shape index (κ2) is 7.20. The molecule has 1 aliphatic rings. The Morgan fingerprint density at radius 2 is 2.16 bits per heavy atom. The van der Waals surface area contributed by atoms with E-state index in [1.165, 1.54) is 30.6 Å². The molecule has 1 fully saturated rings. The van der Waals surface area contributed by atoms with Crippen LogP contribution < -0.4 is 10.1 Å². The molecule has 0 spiro atoms. The monoisotopic (exact) mass is 279 g/mol. The first-order valence-electron chi connectivity index (χ1n) is 7.26. The molecule has 3 heteroatoms. The van der Waals surface area contributed by atoms with Crippen molar-refractivity contribution >= 4 is 11.8 Å². The number of para-hydroxylation sites is 1. The third-order valence-electron chi connectivity index (χ3n) is 3.90. The van der Waals surface area contributed by atoms with Gasteiger partial charge >= 0.3 is 0 Å². The largest absolute Gasteiger partial charge is 0.496 e. The number of thioether (sulfide) groups is 1. The van der Waals surface area contributed by atoms with E-state index in [1.54, 1.807) is 7.11 Å². The maximum Gasteiger partial charge on any atom is 0.123 e. The molecule has 3 unspecified atom stereocenters. The highest BCUT2D eigenvalue weighted by Crippen LogP contribution is 2.32. The Balaban J connectivity index is 2.02. The molecule has 0 heterocycles. The molecule has 0 amide bonds. The number of nitrogens with one attached hydrogen (secondary N) is 1. The smallest absolute Gasteiger partial charge is 0.123 e. The van der Waals surface area contributed by atoms with Crippen molar-refractivity contribution in [1.29, 1.82) is 0 Å². The highest BCUT2D eigenvalue weighted by Gasteiger charge is 2.28. The fourth-order valence-corrected chi connectivity index (χ4v) is 4.17. The summed E-state index contributed by atoms with van der Waals surface area (Å²) >= 11 is 2.10. The van der Waals surface area contributed by atoms with Crippen molar-refractivity contribution in [3.63, 3.8) is 0 Å². The van der Waals surface area contributed by atoms with E-state index in [2.05, 4.69) is 43.1 Å². The van der Waals surface area contributed by atoms with Crippen molar-refractivity contribution in [3.8, 4) is 5.75 Å².